The van der Waals surface area contributed by atoms with Crippen molar-refractivity contribution in [3.05, 3.63) is 96.6 Å². The highest BCUT2D eigenvalue weighted by atomic mass is 28.4. The van der Waals surface area contributed by atoms with Crippen LogP contribution >= 0.6 is 0 Å². The van der Waals surface area contributed by atoms with Crippen LogP contribution in [0.25, 0.3) is 0 Å². The molecule has 1 N–H and O–H groups in total. The minimum absolute atomic E-state index is 0.0223. The third kappa shape index (κ3) is 6.15. The third-order valence-corrected chi connectivity index (χ3v) is 12.2. The van der Waals surface area contributed by atoms with E-state index in [1.807, 2.05) is 18.2 Å². The highest BCUT2D eigenvalue weighted by molar-refractivity contribution is 6.99. The van der Waals surface area contributed by atoms with Crippen LogP contribution in [0.1, 0.15) is 52.0 Å². The Balaban J connectivity index is 1.38. The largest absolute Gasteiger partial charge is 0.407 e. The van der Waals surface area contributed by atoms with Gasteiger partial charge >= 0.3 is 0 Å². The van der Waals surface area contributed by atoms with E-state index in [4.69, 9.17) is 9.16 Å². The summed E-state index contributed by atoms with van der Waals surface area (Å²) in [5, 5.41) is 5.72. The molecule has 0 bridgehead atoms. The first kappa shape index (κ1) is 26.3. The van der Waals surface area contributed by atoms with Crippen molar-refractivity contribution in [2.24, 2.45) is 0 Å². The molecule has 0 saturated carbocycles. The van der Waals surface area contributed by atoms with Crippen LogP contribution < -0.4 is 15.7 Å². The van der Waals surface area contributed by atoms with E-state index in [0.717, 1.165) is 24.8 Å². The summed E-state index contributed by atoms with van der Waals surface area (Å²) in [7, 11) is -2.50. The van der Waals surface area contributed by atoms with Crippen LogP contribution in [0.5, 0.6) is 0 Å². The lowest BCUT2D eigenvalue weighted by Crippen LogP contribution is -2.66. The van der Waals surface area contributed by atoms with E-state index in [2.05, 4.69) is 98.9 Å². The summed E-state index contributed by atoms with van der Waals surface area (Å²) < 4.78 is 13.1. The fourth-order valence-electron chi connectivity index (χ4n) is 5.35. The lowest BCUT2D eigenvalue weighted by molar-refractivity contribution is -0.119. The van der Waals surface area contributed by atoms with Crippen molar-refractivity contribution in [3.63, 3.8) is 0 Å². The van der Waals surface area contributed by atoms with Gasteiger partial charge in [-0.3, -0.25) is 4.79 Å². The Labute approximate surface area is 217 Å². The zero-order chi connectivity index (χ0) is 25.4. The Kier molecular flexibility index (Phi) is 8.78. The average molecular weight is 502 g/mol. The number of ether oxygens (including phenoxy) is 1. The lowest BCUT2D eigenvalue weighted by atomic mass is 10.1. The molecule has 0 spiro atoms. The highest BCUT2D eigenvalue weighted by Crippen LogP contribution is 2.37. The van der Waals surface area contributed by atoms with Crippen LogP contribution in [-0.2, 0) is 20.6 Å². The van der Waals surface area contributed by atoms with Gasteiger partial charge in [-0.2, -0.15) is 0 Å². The molecular weight excluding hydrogens is 462 g/mol. The summed E-state index contributed by atoms with van der Waals surface area (Å²) in [6.07, 6.45) is 3.19. The summed E-state index contributed by atoms with van der Waals surface area (Å²) >= 11 is 0. The van der Waals surface area contributed by atoms with E-state index < -0.39 is 8.32 Å². The number of carbonyl (C=O) groups is 1. The maximum Gasteiger partial charge on any atom is 0.261 e. The van der Waals surface area contributed by atoms with Crippen LogP contribution in [0.2, 0.25) is 5.04 Å². The quantitative estimate of drug-likeness (QED) is 0.290. The summed E-state index contributed by atoms with van der Waals surface area (Å²) in [5.74, 6) is 0.0848. The van der Waals surface area contributed by atoms with Crippen molar-refractivity contribution < 1.29 is 14.0 Å². The number of benzene rings is 3. The second-order valence-electron chi connectivity index (χ2n) is 10.7. The van der Waals surface area contributed by atoms with Gasteiger partial charge in [0.05, 0.1) is 25.2 Å². The number of hydrogen-bond donors (Lipinski definition) is 1. The number of unbranched alkanes of at least 4 members (excludes halogenated alkanes) is 1. The molecule has 1 saturated heterocycles. The summed E-state index contributed by atoms with van der Waals surface area (Å²) in [6, 6.07) is 31.7. The zero-order valence-electron chi connectivity index (χ0n) is 21.8. The highest BCUT2D eigenvalue weighted by Gasteiger charge is 2.50. The standard InChI is InChI=1S/C31H39NO3Si/c1-31(2,3)36(26-17-9-5-10-18-26,27-19-11-6-12-20-27)35-22-14-13-21-28-29(23-30(33)32-28)34-24-25-15-7-4-8-16-25/h4-12,15-20,28-29H,13-14,21-24H2,1-3H3,(H,32,33)/t28-,29+/m1/s1. The monoisotopic (exact) mass is 501 g/mol. The van der Waals surface area contributed by atoms with E-state index in [-0.39, 0.29) is 23.1 Å². The Morgan fingerprint density at radius 2 is 1.39 bits per heavy atom. The van der Waals surface area contributed by atoms with E-state index in [0.29, 0.717) is 19.6 Å². The number of rotatable bonds is 11. The smallest absolute Gasteiger partial charge is 0.261 e. The molecule has 36 heavy (non-hydrogen) atoms. The molecule has 1 fully saturated rings. The number of amides is 1. The number of hydrogen-bond acceptors (Lipinski definition) is 3. The van der Waals surface area contributed by atoms with Crippen molar-refractivity contribution in [3.8, 4) is 0 Å². The van der Waals surface area contributed by atoms with E-state index in [9.17, 15) is 4.79 Å². The second-order valence-corrected chi connectivity index (χ2v) is 15.0. The molecule has 4 rings (SSSR count). The first-order valence-corrected chi connectivity index (χ1v) is 15.0. The topological polar surface area (TPSA) is 47.6 Å². The van der Waals surface area contributed by atoms with Crippen LogP contribution in [-0.4, -0.2) is 33.0 Å². The third-order valence-electron chi connectivity index (χ3n) is 7.13. The molecule has 1 aliphatic heterocycles. The van der Waals surface area contributed by atoms with E-state index in [1.54, 1.807) is 0 Å². The van der Waals surface area contributed by atoms with Gasteiger partial charge in [-0.15, -0.1) is 0 Å². The summed E-state index contributed by atoms with van der Waals surface area (Å²) in [6.45, 7) is 8.16. The molecule has 3 aromatic rings. The molecule has 1 aliphatic rings. The molecule has 2 atom stereocenters. The van der Waals surface area contributed by atoms with Gasteiger partial charge in [0, 0.05) is 6.61 Å². The zero-order valence-corrected chi connectivity index (χ0v) is 22.8. The predicted octanol–water partition coefficient (Wildman–Crippen LogP) is 5.21. The van der Waals surface area contributed by atoms with Crippen molar-refractivity contribution >= 4 is 24.6 Å². The average Bonchev–Trinajstić information content (AvgIpc) is 3.25. The molecular formula is C31H39NO3Si. The van der Waals surface area contributed by atoms with Gasteiger partial charge in [0.1, 0.15) is 0 Å². The van der Waals surface area contributed by atoms with E-state index >= 15 is 0 Å². The lowest BCUT2D eigenvalue weighted by Gasteiger charge is -2.43. The molecule has 0 aromatic heterocycles. The Morgan fingerprint density at radius 3 is 1.94 bits per heavy atom. The van der Waals surface area contributed by atoms with Gasteiger partial charge in [-0.05, 0) is 40.2 Å². The Bertz CT molecular complexity index is 1040. The fourth-order valence-corrected chi connectivity index (χ4v) is 9.95. The first-order chi connectivity index (χ1) is 17.4. The van der Waals surface area contributed by atoms with Crippen molar-refractivity contribution in [1.29, 1.82) is 0 Å². The molecule has 5 heteroatoms. The minimum atomic E-state index is -2.50. The van der Waals surface area contributed by atoms with Crippen LogP contribution in [0.4, 0.5) is 0 Å². The molecule has 0 aliphatic carbocycles. The van der Waals surface area contributed by atoms with Gasteiger partial charge in [0.25, 0.3) is 8.32 Å². The second kappa shape index (κ2) is 12.0. The van der Waals surface area contributed by atoms with Gasteiger partial charge < -0.3 is 14.5 Å². The molecule has 3 aromatic carbocycles. The predicted molar refractivity (Wildman–Crippen MR) is 149 cm³/mol. The molecule has 0 radical (unpaired) electrons. The van der Waals surface area contributed by atoms with Gasteiger partial charge in [-0.25, -0.2) is 0 Å². The molecule has 1 amide bonds. The number of carbonyl (C=O) groups excluding carboxylic acids is 1. The van der Waals surface area contributed by atoms with E-state index in [1.165, 1.54) is 10.4 Å². The maximum atomic E-state index is 12.1. The minimum Gasteiger partial charge on any atom is -0.407 e. The summed E-state index contributed by atoms with van der Waals surface area (Å²) in [5.41, 5.74) is 1.13. The SMILES string of the molecule is CC(C)(C)[Si](OCCCC[C@H]1NC(=O)C[C@@H]1OCc1ccccc1)(c1ccccc1)c1ccccc1. The Morgan fingerprint density at radius 1 is 0.833 bits per heavy atom. The van der Waals surface area contributed by atoms with Gasteiger partial charge in [-0.1, -0.05) is 112 Å². The van der Waals surface area contributed by atoms with Crippen LogP contribution in [0.3, 0.4) is 0 Å². The molecule has 0 unspecified atom stereocenters. The van der Waals surface area contributed by atoms with Gasteiger partial charge in [0.15, 0.2) is 0 Å². The fraction of sp³-hybridized carbons (Fsp3) is 0.387. The normalized spacial score (nSPS) is 18.2. The maximum absolute atomic E-state index is 12.1. The van der Waals surface area contributed by atoms with Crippen LogP contribution in [0.15, 0.2) is 91.0 Å². The van der Waals surface area contributed by atoms with Crippen molar-refractivity contribution in [2.75, 3.05) is 6.61 Å². The van der Waals surface area contributed by atoms with Crippen LogP contribution in [0, 0.1) is 0 Å². The number of nitrogens with one attached hydrogen (secondary N) is 1. The first-order valence-electron chi connectivity index (χ1n) is 13.1. The Hall–Kier alpha value is -2.73. The van der Waals surface area contributed by atoms with Crippen molar-refractivity contribution in [1.82, 2.24) is 5.32 Å². The van der Waals surface area contributed by atoms with Crippen molar-refractivity contribution in [2.45, 2.75) is 70.2 Å². The summed E-state index contributed by atoms with van der Waals surface area (Å²) in [4.78, 5) is 12.1. The molecule has 1 heterocycles. The molecule has 4 nitrogen and oxygen atoms in total. The van der Waals surface area contributed by atoms with Gasteiger partial charge in [0.2, 0.25) is 5.91 Å². The molecule has 190 valence electrons.